The summed E-state index contributed by atoms with van der Waals surface area (Å²) in [5, 5.41) is 10.8. The molecule has 496 valence electrons. The second-order valence-corrected chi connectivity index (χ2v) is 30.2. The molecule has 0 aliphatic heterocycles. The molecule has 0 unspecified atom stereocenters. The maximum absolute atomic E-state index is 6.74. The Morgan fingerprint density at radius 1 is 0.198 bits per heavy atom. The number of benzene rings is 14. The Balaban J connectivity index is 0.000000136. The molecule has 0 amide bonds. The zero-order valence-electron chi connectivity index (χ0n) is 56.0. The molecule has 0 saturated carbocycles. The molecule has 0 N–H and O–H groups in total. The van der Waals surface area contributed by atoms with Crippen LogP contribution in [-0.2, 0) is 0 Å². The predicted octanol–water partition coefficient (Wildman–Crippen LogP) is 26.2. The lowest BCUT2D eigenvalue weighted by atomic mass is 9.99. The van der Waals surface area contributed by atoms with Crippen LogP contribution in [0.25, 0.3) is 216 Å². The molecule has 10 nitrogen and oxygen atoms in total. The van der Waals surface area contributed by atoms with Gasteiger partial charge in [0.1, 0.15) is 32.3 Å². The molecule has 14 aromatic carbocycles. The van der Waals surface area contributed by atoms with Crippen LogP contribution in [0.5, 0.6) is 0 Å². The molecule has 0 bridgehead atoms. The van der Waals surface area contributed by atoms with Gasteiger partial charge in [-0.2, -0.15) is 0 Å². The third kappa shape index (κ3) is 10.7. The van der Waals surface area contributed by atoms with E-state index in [2.05, 4.69) is 218 Å². The number of hydrogen-bond acceptors (Lipinski definition) is 14. The van der Waals surface area contributed by atoms with Gasteiger partial charge in [-0.05, 0) is 96.1 Å². The Bertz CT molecular complexity index is 7190. The fraction of sp³-hybridized carbons (Fsp3) is 0. The van der Waals surface area contributed by atoms with Crippen molar-refractivity contribution in [2.45, 2.75) is 0 Å². The van der Waals surface area contributed by atoms with Crippen LogP contribution in [0.15, 0.2) is 324 Å². The molecule has 0 aliphatic rings. The summed E-state index contributed by atoms with van der Waals surface area (Å²) in [7, 11) is 0. The molecule has 14 heteroatoms. The second kappa shape index (κ2) is 25.4. The van der Waals surface area contributed by atoms with Gasteiger partial charge in [0.2, 0.25) is 0 Å². The van der Waals surface area contributed by atoms with E-state index in [-0.39, 0.29) is 0 Å². The van der Waals surface area contributed by atoms with Crippen molar-refractivity contribution >= 4 is 150 Å². The molecular formula is C92H52N8O2S4. The lowest BCUT2D eigenvalue weighted by Crippen LogP contribution is -2.00. The Kier molecular flexibility index (Phi) is 14.8. The van der Waals surface area contributed by atoms with Gasteiger partial charge in [0.15, 0.2) is 34.9 Å². The quantitative estimate of drug-likeness (QED) is 0.130. The normalized spacial score (nSPS) is 11.8. The van der Waals surface area contributed by atoms with Gasteiger partial charge in [-0.1, -0.05) is 231 Å². The van der Waals surface area contributed by atoms with Gasteiger partial charge in [-0.25, -0.2) is 39.9 Å². The molecule has 0 atom stereocenters. The zero-order valence-corrected chi connectivity index (χ0v) is 59.3. The minimum absolute atomic E-state index is 0.598. The predicted molar refractivity (Wildman–Crippen MR) is 441 cm³/mol. The van der Waals surface area contributed by atoms with Crippen LogP contribution in [0.4, 0.5) is 0 Å². The summed E-state index contributed by atoms with van der Waals surface area (Å²) in [6.45, 7) is 0. The highest BCUT2D eigenvalue weighted by atomic mass is 32.1. The van der Waals surface area contributed by atoms with Crippen LogP contribution >= 0.6 is 45.3 Å². The SMILES string of the molecule is c1ccc(-c2nc(-c3ccc4sc5ccccc5c4c3)nc(-c3cccc4oc5c(-c6cccc(-c7nc8ccccc8s7)c6)cccc5c34)n2)cc1.c1ccc(-c2nc(-c3cccc4oc5c(-c6cccc(-c7nc8ccccc8s7)c6)cccc5c34)nc(-c3cccc4sc5ccccc5c34)n2)cc1. The van der Waals surface area contributed by atoms with Gasteiger partial charge < -0.3 is 8.83 Å². The largest absolute Gasteiger partial charge is 0.455 e. The third-order valence-corrected chi connectivity index (χ3v) is 24.0. The molecule has 8 aromatic heterocycles. The number of fused-ring (bicyclic) bond motifs is 14. The van der Waals surface area contributed by atoms with Gasteiger partial charge in [0.05, 0.1) is 20.4 Å². The standard InChI is InChI=1S/2C46H26N4OS2/c1-2-12-27(13-3-1)43-48-44(50-45(49-43)34-20-11-25-39-41(34)31-16-4-6-23-37(31)52-39)33-19-10-22-36-40(33)32-18-9-17-30(42(32)51-36)28-14-8-15-29(26-28)46-47-35-21-5-7-24-38(35)53-46;1-2-11-27(12-3-1)43-48-44(29-23-24-39-35(26-29)32-15-4-6-21-38(32)52-39)50-45(49-43)34-18-10-20-37-41(34)33-17-9-16-31(42(33)51-37)28-13-8-14-30(25-28)46-47-36-19-5-7-22-40(36)53-46/h2*1-26H. The lowest BCUT2D eigenvalue weighted by molar-refractivity contribution is 0.669. The Labute approximate surface area is 621 Å². The highest BCUT2D eigenvalue weighted by Gasteiger charge is 2.24. The smallest absolute Gasteiger partial charge is 0.164 e. The van der Waals surface area contributed by atoms with Crippen molar-refractivity contribution in [3.63, 3.8) is 0 Å². The summed E-state index contributed by atoms with van der Waals surface area (Å²) in [4.78, 5) is 40.7. The number of nitrogens with zero attached hydrogens (tertiary/aromatic N) is 8. The zero-order chi connectivity index (χ0) is 69.8. The van der Waals surface area contributed by atoms with E-state index in [1.807, 2.05) is 97.1 Å². The Hall–Kier alpha value is -13.1. The van der Waals surface area contributed by atoms with Crippen LogP contribution < -0.4 is 0 Å². The molecule has 22 aromatic rings. The van der Waals surface area contributed by atoms with E-state index >= 15 is 0 Å². The first-order valence-corrected chi connectivity index (χ1v) is 38.0. The van der Waals surface area contributed by atoms with Crippen molar-refractivity contribution in [3.05, 3.63) is 315 Å². The summed E-state index contributed by atoms with van der Waals surface area (Å²) in [6, 6.07) is 109. The number of hydrogen-bond donors (Lipinski definition) is 0. The number of furan rings is 2. The minimum atomic E-state index is 0.598. The van der Waals surface area contributed by atoms with Crippen molar-refractivity contribution in [1.29, 1.82) is 0 Å². The average Bonchev–Trinajstić information content (AvgIpc) is 1.57. The number of para-hydroxylation sites is 4. The van der Waals surface area contributed by atoms with Crippen LogP contribution in [0.2, 0.25) is 0 Å². The fourth-order valence-electron chi connectivity index (χ4n) is 14.7. The summed E-state index contributed by atoms with van der Waals surface area (Å²) < 4.78 is 20.8. The third-order valence-electron chi connectivity index (χ3n) is 19.6. The molecule has 106 heavy (non-hydrogen) atoms. The molecule has 0 radical (unpaired) electrons. The van der Waals surface area contributed by atoms with Crippen molar-refractivity contribution in [3.8, 4) is 112 Å². The average molecular weight is 1430 g/mol. The van der Waals surface area contributed by atoms with E-state index in [1.54, 1.807) is 45.3 Å². The van der Waals surface area contributed by atoms with Crippen LogP contribution in [0, 0.1) is 0 Å². The maximum Gasteiger partial charge on any atom is 0.164 e. The van der Waals surface area contributed by atoms with Crippen LogP contribution in [-0.4, -0.2) is 39.9 Å². The van der Waals surface area contributed by atoms with Gasteiger partial charge >= 0.3 is 0 Å². The molecule has 8 heterocycles. The molecule has 22 rings (SSSR count). The van der Waals surface area contributed by atoms with Crippen molar-refractivity contribution in [2.24, 2.45) is 0 Å². The van der Waals surface area contributed by atoms with E-state index in [0.717, 1.165) is 137 Å². The maximum atomic E-state index is 6.74. The molecule has 0 aliphatic carbocycles. The van der Waals surface area contributed by atoms with E-state index in [1.165, 1.54) is 44.4 Å². The number of aromatic nitrogens is 8. The van der Waals surface area contributed by atoms with Crippen LogP contribution in [0.1, 0.15) is 0 Å². The molecule has 0 fully saturated rings. The van der Waals surface area contributed by atoms with E-state index in [9.17, 15) is 0 Å². The van der Waals surface area contributed by atoms with Gasteiger partial charge in [-0.3, -0.25) is 0 Å². The van der Waals surface area contributed by atoms with Crippen molar-refractivity contribution in [1.82, 2.24) is 39.9 Å². The number of thiophene rings is 2. The first-order chi connectivity index (χ1) is 52.5. The van der Waals surface area contributed by atoms with Gasteiger partial charge in [0.25, 0.3) is 0 Å². The first kappa shape index (κ1) is 61.6. The molecule has 0 spiro atoms. The number of rotatable bonds is 10. The second-order valence-electron chi connectivity index (χ2n) is 26.0. The molecular weight excluding hydrogens is 1380 g/mol. The van der Waals surface area contributed by atoms with Gasteiger partial charge in [-0.15, -0.1) is 45.3 Å². The first-order valence-electron chi connectivity index (χ1n) is 34.8. The summed E-state index contributed by atoms with van der Waals surface area (Å²) in [6.07, 6.45) is 0. The summed E-state index contributed by atoms with van der Waals surface area (Å²) in [5.41, 5.74) is 17.1. The van der Waals surface area contributed by atoms with Gasteiger partial charge in [0, 0.05) is 118 Å². The minimum Gasteiger partial charge on any atom is -0.455 e. The lowest BCUT2D eigenvalue weighted by Gasteiger charge is -2.10. The Morgan fingerprint density at radius 3 is 1.11 bits per heavy atom. The van der Waals surface area contributed by atoms with E-state index in [0.29, 0.717) is 34.9 Å². The highest BCUT2D eigenvalue weighted by molar-refractivity contribution is 7.26. The Morgan fingerprint density at radius 2 is 0.566 bits per heavy atom. The highest BCUT2D eigenvalue weighted by Crippen LogP contribution is 2.46. The van der Waals surface area contributed by atoms with Crippen LogP contribution in [0.3, 0.4) is 0 Å². The van der Waals surface area contributed by atoms with E-state index in [4.69, 9.17) is 48.7 Å². The van der Waals surface area contributed by atoms with E-state index < -0.39 is 0 Å². The fourth-order valence-corrected chi connectivity index (χ4v) is 18.8. The monoisotopic (exact) mass is 1430 g/mol. The topological polar surface area (TPSA) is 129 Å². The van der Waals surface area contributed by atoms with Crippen molar-refractivity contribution < 1.29 is 8.83 Å². The van der Waals surface area contributed by atoms with Crippen molar-refractivity contribution in [2.75, 3.05) is 0 Å². The molecule has 0 saturated heterocycles. The summed E-state index contributed by atoms with van der Waals surface area (Å²) >= 11 is 7.01. The number of thiazole rings is 2. The summed E-state index contributed by atoms with van der Waals surface area (Å²) in [5.74, 6) is 3.71.